The topological polar surface area (TPSA) is 67.5 Å². The Morgan fingerprint density at radius 2 is 1.74 bits per heavy atom. The van der Waals surface area contributed by atoms with E-state index in [0.29, 0.717) is 13.1 Å². The van der Waals surface area contributed by atoms with E-state index >= 15 is 0 Å². The highest BCUT2D eigenvalue weighted by Crippen LogP contribution is 2.43. The summed E-state index contributed by atoms with van der Waals surface area (Å²) in [5.74, 6) is 0. The van der Waals surface area contributed by atoms with Gasteiger partial charge in [-0.05, 0) is 70.2 Å². The number of likely N-dealkylation sites (tertiary alicyclic amines) is 1. The molecule has 1 aromatic heterocycles. The highest BCUT2D eigenvalue weighted by molar-refractivity contribution is 6.48. The molecular formula is C28H45N3O3Si. The van der Waals surface area contributed by atoms with Crippen molar-refractivity contribution < 1.29 is 14.0 Å². The molecule has 2 aromatic rings. The van der Waals surface area contributed by atoms with E-state index in [2.05, 4.69) is 69.3 Å². The number of piperidine rings is 1. The van der Waals surface area contributed by atoms with Crippen molar-refractivity contribution in [1.29, 1.82) is 0 Å². The predicted molar refractivity (Wildman–Crippen MR) is 144 cm³/mol. The summed E-state index contributed by atoms with van der Waals surface area (Å²) in [5, 5.41) is 8.10. The molecule has 1 aromatic carbocycles. The van der Waals surface area contributed by atoms with Crippen LogP contribution in [0.3, 0.4) is 0 Å². The number of nitrogens with one attached hydrogen (secondary N) is 1. The van der Waals surface area contributed by atoms with Gasteiger partial charge in [-0.25, -0.2) is 4.79 Å². The van der Waals surface area contributed by atoms with Crippen LogP contribution in [0.5, 0.6) is 0 Å². The Balaban J connectivity index is 1.86. The molecule has 1 aliphatic heterocycles. The van der Waals surface area contributed by atoms with Crippen molar-refractivity contribution in [3.05, 3.63) is 53.3 Å². The van der Waals surface area contributed by atoms with Crippen molar-refractivity contribution in [3.63, 3.8) is 0 Å². The molecular weight excluding hydrogens is 454 g/mol. The number of H-pyrrole nitrogens is 1. The minimum atomic E-state index is -1.23. The fourth-order valence-corrected chi connectivity index (χ4v) is 5.96. The first-order valence-electron chi connectivity index (χ1n) is 13.0. The van der Waals surface area contributed by atoms with Crippen molar-refractivity contribution in [3.8, 4) is 0 Å². The van der Waals surface area contributed by atoms with E-state index in [1.165, 1.54) is 5.56 Å². The van der Waals surface area contributed by atoms with E-state index in [9.17, 15) is 4.79 Å². The van der Waals surface area contributed by atoms with Crippen LogP contribution in [0.15, 0.2) is 36.4 Å². The van der Waals surface area contributed by atoms with Gasteiger partial charge in [0.1, 0.15) is 5.60 Å². The number of hydrogen-bond acceptors (Lipinski definition) is 4. The minimum Gasteiger partial charge on any atom is -0.444 e. The molecule has 35 heavy (non-hydrogen) atoms. The Morgan fingerprint density at radius 3 is 2.29 bits per heavy atom. The Hall–Kier alpha value is -2.12. The molecule has 1 atom stereocenters. The summed E-state index contributed by atoms with van der Waals surface area (Å²) >= 11 is 0. The number of aromatic nitrogens is 2. The summed E-state index contributed by atoms with van der Waals surface area (Å²) in [7, 11) is -1.23. The molecule has 0 bridgehead atoms. The van der Waals surface area contributed by atoms with Gasteiger partial charge in [0.25, 0.3) is 0 Å². The molecule has 1 fully saturated rings. The SMILES string of the molecule is C[SiH](C)OC(CC1(c2cc(Cc3ccccc3)n[nH]2)CCN(C(=O)OC(C)(C)C)CC1)C(C)(C)C. The van der Waals surface area contributed by atoms with E-state index in [0.717, 1.165) is 37.1 Å². The molecule has 1 N–H and O–H groups in total. The van der Waals surface area contributed by atoms with Crippen molar-refractivity contribution in [2.75, 3.05) is 13.1 Å². The van der Waals surface area contributed by atoms with Crippen LogP contribution in [0, 0.1) is 5.41 Å². The minimum absolute atomic E-state index is 0.0272. The lowest BCUT2D eigenvalue weighted by Crippen LogP contribution is -2.49. The largest absolute Gasteiger partial charge is 0.444 e. The molecule has 194 valence electrons. The maximum atomic E-state index is 12.8. The second-order valence-electron chi connectivity index (χ2n) is 12.4. The van der Waals surface area contributed by atoms with Gasteiger partial charge in [-0.2, -0.15) is 5.10 Å². The second-order valence-corrected chi connectivity index (χ2v) is 14.8. The second kappa shape index (κ2) is 10.9. The fraction of sp³-hybridized carbons (Fsp3) is 0.643. The maximum absolute atomic E-state index is 12.8. The molecule has 1 saturated heterocycles. The lowest BCUT2D eigenvalue weighted by Gasteiger charge is -2.45. The lowest BCUT2D eigenvalue weighted by atomic mass is 9.68. The molecule has 1 aliphatic rings. The van der Waals surface area contributed by atoms with Crippen molar-refractivity contribution >= 4 is 15.1 Å². The summed E-state index contributed by atoms with van der Waals surface area (Å²) in [6.45, 7) is 18.4. The van der Waals surface area contributed by atoms with Gasteiger partial charge in [0.15, 0.2) is 9.04 Å². The van der Waals surface area contributed by atoms with Crippen molar-refractivity contribution in [2.24, 2.45) is 5.41 Å². The molecule has 1 unspecified atom stereocenters. The van der Waals surface area contributed by atoms with E-state index < -0.39 is 14.6 Å². The highest BCUT2D eigenvalue weighted by atomic mass is 28.3. The Bertz CT molecular complexity index is 952. The predicted octanol–water partition coefficient (Wildman–Crippen LogP) is 6.07. The molecule has 0 radical (unpaired) electrons. The third-order valence-electron chi connectivity index (χ3n) is 6.78. The third-order valence-corrected chi connectivity index (χ3v) is 7.65. The highest BCUT2D eigenvalue weighted by Gasteiger charge is 2.44. The van der Waals surface area contributed by atoms with Crippen molar-refractivity contribution in [1.82, 2.24) is 15.1 Å². The van der Waals surface area contributed by atoms with E-state index in [1.54, 1.807) is 0 Å². The van der Waals surface area contributed by atoms with Gasteiger partial charge in [-0.1, -0.05) is 51.1 Å². The third kappa shape index (κ3) is 7.68. The molecule has 1 amide bonds. The van der Waals surface area contributed by atoms with Gasteiger partial charge in [0.2, 0.25) is 0 Å². The first kappa shape index (κ1) is 27.5. The monoisotopic (exact) mass is 499 g/mol. The summed E-state index contributed by atoms with van der Waals surface area (Å²) in [4.78, 5) is 14.6. The van der Waals surface area contributed by atoms with Crippen LogP contribution in [-0.2, 0) is 21.0 Å². The summed E-state index contributed by atoms with van der Waals surface area (Å²) in [6, 6.07) is 12.7. The number of carbonyl (C=O) groups is 1. The summed E-state index contributed by atoms with van der Waals surface area (Å²) in [5.41, 5.74) is 2.87. The number of benzene rings is 1. The Kier molecular flexibility index (Phi) is 8.53. The quantitative estimate of drug-likeness (QED) is 0.469. The van der Waals surface area contributed by atoms with E-state index in [1.807, 2.05) is 31.7 Å². The molecule has 0 spiro atoms. The van der Waals surface area contributed by atoms with Gasteiger partial charge in [-0.15, -0.1) is 0 Å². The van der Waals surface area contributed by atoms with Crippen LogP contribution in [0.25, 0.3) is 0 Å². The Labute approximate surface area is 213 Å². The van der Waals surface area contributed by atoms with Crippen molar-refractivity contribution in [2.45, 2.75) is 97.4 Å². The average molecular weight is 500 g/mol. The van der Waals surface area contributed by atoms with Crippen LogP contribution in [0.1, 0.15) is 77.8 Å². The van der Waals surface area contributed by atoms with Gasteiger partial charge in [-0.3, -0.25) is 5.10 Å². The number of amides is 1. The zero-order valence-corrected chi connectivity index (χ0v) is 24.1. The first-order chi connectivity index (χ1) is 16.3. The van der Waals surface area contributed by atoms with Crippen LogP contribution < -0.4 is 0 Å². The van der Waals surface area contributed by atoms with Crippen LogP contribution in [-0.4, -0.2) is 55.0 Å². The zero-order valence-electron chi connectivity index (χ0n) is 23.0. The molecule has 0 saturated carbocycles. The molecule has 3 rings (SSSR count). The molecule has 0 aliphatic carbocycles. The fourth-order valence-electron chi connectivity index (χ4n) is 4.80. The van der Waals surface area contributed by atoms with Crippen LogP contribution in [0.4, 0.5) is 4.79 Å². The summed E-state index contributed by atoms with van der Waals surface area (Å²) < 4.78 is 12.3. The lowest BCUT2D eigenvalue weighted by molar-refractivity contribution is 0.00593. The van der Waals surface area contributed by atoms with Gasteiger partial charge >= 0.3 is 6.09 Å². The number of rotatable bonds is 7. The van der Waals surface area contributed by atoms with E-state index in [-0.39, 0.29) is 23.0 Å². The molecule has 2 heterocycles. The number of nitrogens with zero attached hydrogens (tertiary/aromatic N) is 2. The van der Waals surface area contributed by atoms with Gasteiger partial charge in [0, 0.05) is 30.6 Å². The normalized spacial score (nSPS) is 17.5. The number of carbonyl (C=O) groups excluding carboxylic acids is 1. The zero-order chi connectivity index (χ0) is 25.9. The number of ether oxygens (including phenoxy) is 1. The Morgan fingerprint density at radius 1 is 1.11 bits per heavy atom. The van der Waals surface area contributed by atoms with Crippen LogP contribution in [0.2, 0.25) is 13.1 Å². The maximum Gasteiger partial charge on any atom is 0.410 e. The number of aromatic amines is 1. The van der Waals surface area contributed by atoms with Crippen LogP contribution >= 0.6 is 0 Å². The molecule has 7 heteroatoms. The van der Waals surface area contributed by atoms with Gasteiger partial charge in [0.05, 0.1) is 11.8 Å². The average Bonchev–Trinajstić information content (AvgIpc) is 3.21. The van der Waals surface area contributed by atoms with E-state index in [4.69, 9.17) is 14.3 Å². The number of hydrogen-bond donors (Lipinski definition) is 1. The van der Waals surface area contributed by atoms with Gasteiger partial charge < -0.3 is 14.1 Å². The standard InChI is InChI=1S/C28H45N3O3Si/c1-26(2,3)24(34-35(7)8)20-28(14-16-31(17-15-28)25(32)33-27(4,5)6)23-19-22(29-30-23)18-21-12-10-9-11-13-21/h9-13,19,24,35H,14-18,20H2,1-8H3,(H,29,30). The summed E-state index contributed by atoms with van der Waals surface area (Å²) in [6.07, 6.45) is 3.34. The smallest absolute Gasteiger partial charge is 0.410 e. The molecule has 6 nitrogen and oxygen atoms in total. The first-order valence-corrected chi connectivity index (χ1v) is 15.8.